The summed E-state index contributed by atoms with van der Waals surface area (Å²) in [5.74, 6) is 1.09. The van der Waals surface area contributed by atoms with Gasteiger partial charge in [0.15, 0.2) is 5.69 Å². The van der Waals surface area contributed by atoms with E-state index in [1.807, 2.05) is 4.90 Å². The summed E-state index contributed by atoms with van der Waals surface area (Å²) in [5.41, 5.74) is 6.61. The Kier molecular flexibility index (Phi) is 4.19. The molecule has 3 rings (SSSR count). The molecule has 1 aromatic rings. The highest BCUT2D eigenvalue weighted by molar-refractivity contribution is 7.03. The van der Waals surface area contributed by atoms with Gasteiger partial charge in [-0.25, -0.2) is 0 Å². The van der Waals surface area contributed by atoms with Crippen molar-refractivity contribution in [1.29, 1.82) is 0 Å². The molecule has 7 heteroatoms. The first-order valence-electron chi connectivity index (χ1n) is 6.07. The summed E-state index contributed by atoms with van der Waals surface area (Å²) in [6.45, 7) is 1.64. The third-order valence-corrected chi connectivity index (χ3v) is 4.52. The summed E-state index contributed by atoms with van der Waals surface area (Å²) in [4.78, 5) is 14.0. The van der Waals surface area contributed by atoms with Gasteiger partial charge in [0.25, 0.3) is 5.91 Å². The molecule has 100 valence electrons. The van der Waals surface area contributed by atoms with Crippen LogP contribution in [0.4, 0.5) is 0 Å². The Morgan fingerprint density at radius 3 is 2.94 bits per heavy atom. The minimum absolute atomic E-state index is 0. The fourth-order valence-corrected chi connectivity index (χ4v) is 3.53. The molecule has 1 saturated heterocycles. The van der Waals surface area contributed by atoms with E-state index in [4.69, 9.17) is 5.73 Å². The SMILES string of the molecule is Cl.NC1CCCC2CN(C(=O)c3csnn3)CC12. The van der Waals surface area contributed by atoms with Crippen molar-refractivity contribution in [2.24, 2.45) is 17.6 Å². The highest BCUT2D eigenvalue weighted by atomic mass is 35.5. The second kappa shape index (κ2) is 5.50. The quantitative estimate of drug-likeness (QED) is 0.842. The van der Waals surface area contributed by atoms with Crippen LogP contribution in [0.5, 0.6) is 0 Å². The van der Waals surface area contributed by atoms with Crippen molar-refractivity contribution in [3.05, 3.63) is 11.1 Å². The van der Waals surface area contributed by atoms with E-state index < -0.39 is 0 Å². The predicted octanol–water partition coefficient (Wildman–Crippen LogP) is 1.16. The molecule has 1 aromatic heterocycles. The Balaban J connectivity index is 0.00000120. The summed E-state index contributed by atoms with van der Waals surface area (Å²) in [6.07, 6.45) is 3.50. The second-order valence-corrected chi connectivity index (χ2v) is 5.63. The molecule has 2 fully saturated rings. The van der Waals surface area contributed by atoms with Crippen LogP contribution in [0.15, 0.2) is 5.38 Å². The third-order valence-electron chi connectivity index (χ3n) is 4.02. The Bertz CT molecular complexity index is 413. The van der Waals surface area contributed by atoms with Crippen molar-refractivity contribution < 1.29 is 4.79 Å². The van der Waals surface area contributed by atoms with Gasteiger partial charge in [0.2, 0.25) is 0 Å². The summed E-state index contributed by atoms with van der Waals surface area (Å²) in [5, 5.41) is 5.56. The maximum Gasteiger partial charge on any atom is 0.275 e. The number of fused-ring (bicyclic) bond motifs is 1. The van der Waals surface area contributed by atoms with Crippen LogP contribution < -0.4 is 5.73 Å². The van der Waals surface area contributed by atoms with Crippen molar-refractivity contribution >= 4 is 29.8 Å². The fraction of sp³-hybridized carbons (Fsp3) is 0.727. The first-order chi connectivity index (χ1) is 8.25. The van der Waals surface area contributed by atoms with Crippen molar-refractivity contribution in [3.63, 3.8) is 0 Å². The second-order valence-electron chi connectivity index (χ2n) is 5.02. The number of hydrogen-bond acceptors (Lipinski definition) is 5. The molecule has 2 aliphatic rings. The lowest BCUT2D eigenvalue weighted by Gasteiger charge is -2.29. The number of carbonyl (C=O) groups excluding carboxylic acids is 1. The third kappa shape index (κ3) is 2.37. The van der Waals surface area contributed by atoms with Crippen LogP contribution in [-0.4, -0.2) is 39.5 Å². The van der Waals surface area contributed by atoms with Gasteiger partial charge in [0, 0.05) is 24.5 Å². The standard InChI is InChI=1S/C11H16N4OS.ClH/c12-9-3-1-2-7-4-15(5-8(7)9)11(16)10-6-17-14-13-10;/h6-9H,1-5,12H2;1H. The zero-order valence-electron chi connectivity index (χ0n) is 9.99. The number of likely N-dealkylation sites (tertiary alicyclic amines) is 1. The van der Waals surface area contributed by atoms with Gasteiger partial charge in [0.05, 0.1) is 0 Å². The highest BCUT2D eigenvalue weighted by Crippen LogP contribution is 2.35. The van der Waals surface area contributed by atoms with E-state index in [-0.39, 0.29) is 24.4 Å². The number of nitrogens with zero attached hydrogens (tertiary/aromatic N) is 3. The molecule has 0 radical (unpaired) electrons. The molecule has 2 N–H and O–H groups in total. The summed E-state index contributed by atoms with van der Waals surface area (Å²) in [7, 11) is 0. The Morgan fingerprint density at radius 2 is 2.28 bits per heavy atom. The molecule has 1 aliphatic carbocycles. The average molecular weight is 289 g/mol. The molecule has 1 amide bonds. The van der Waals surface area contributed by atoms with Crippen molar-refractivity contribution in [3.8, 4) is 0 Å². The number of hydrogen-bond donors (Lipinski definition) is 1. The van der Waals surface area contributed by atoms with Crippen LogP contribution in [0.1, 0.15) is 29.8 Å². The number of nitrogens with two attached hydrogens (primary N) is 1. The van der Waals surface area contributed by atoms with Crippen molar-refractivity contribution in [2.45, 2.75) is 25.3 Å². The normalized spacial score (nSPS) is 30.7. The van der Waals surface area contributed by atoms with Gasteiger partial charge in [-0.1, -0.05) is 10.9 Å². The van der Waals surface area contributed by atoms with Crippen LogP contribution in [0.2, 0.25) is 0 Å². The lowest BCUT2D eigenvalue weighted by atomic mass is 9.78. The molecule has 0 spiro atoms. The van der Waals surface area contributed by atoms with Gasteiger partial charge < -0.3 is 10.6 Å². The molecular formula is C11H17ClN4OS. The average Bonchev–Trinajstić information content (AvgIpc) is 2.98. The Hall–Kier alpha value is -0.720. The van der Waals surface area contributed by atoms with Gasteiger partial charge in [0.1, 0.15) is 0 Å². The van der Waals surface area contributed by atoms with Crippen LogP contribution in [-0.2, 0) is 0 Å². The molecule has 1 aliphatic heterocycles. The van der Waals surface area contributed by atoms with Gasteiger partial charge in [-0.05, 0) is 36.2 Å². The molecule has 2 heterocycles. The van der Waals surface area contributed by atoms with Crippen LogP contribution in [0.25, 0.3) is 0 Å². The molecule has 3 unspecified atom stereocenters. The number of rotatable bonds is 1. The largest absolute Gasteiger partial charge is 0.337 e. The molecule has 0 aromatic carbocycles. The summed E-state index contributed by atoms with van der Waals surface area (Å²) in [6, 6.07) is 0.264. The van der Waals surface area contributed by atoms with Crippen molar-refractivity contribution in [2.75, 3.05) is 13.1 Å². The monoisotopic (exact) mass is 288 g/mol. The van der Waals surface area contributed by atoms with E-state index in [1.165, 1.54) is 24.4 Å². The fourth-order valence-electron chi connectivity index (χ4n) is 3.10. The van der Waals surface area contributed by atoms with Crippen LogP contribution >= 0.6 is 23.9 Å². The zero-order chi connectivity index (χ0) is 11.8. The van der Waals surface area contributed by atoms with E-state index in [0.717, 1.165) is 19.5 Å². The van der Waals surface area contributed by atoms with E-state index >= 15 is 0 Å². The number of amides is 1. The van der Waals surface area contributed by atoms with E-state index in [9.17, 15) is 4.79 Å². The van der Waals surface area contributed by atoms with Crippen LogP contribution in [0.3, 0.4) is 0 Å². The minimum atomic E-state index is 0. The molecule has 18 heavy (non-hydrogen) atoms. The Morgan fingerprint density at radius 1 is 1.44 bits per heavy atom. The lowest BCUT2D eigenvalue weighted by Crippen LogP contribution is -2.38. The molecule has 1 saturated carbocycles. The van der Waals surface area contributed by atoms with E-state index in [2.05, 4.69) is 9.59 Å². The maximum absolute atomic E-state index is 12.1. The van der Waals surface area contributed by atoms with Gasteiger partial charge in [-0.3, -0.25) is 4.79 Å². The van der Waals surface area contributed by atoms with Crippen LogP contribution in [0, 0.1) is 11.8 Å². The first-order valence-corrected chi connectivity index (χ1v) is 6.91. The minimum Gasteiger partial charge on any atom is -0.337 e. The zero-order valence-corrected chi connectivity index (χ0v) is 11.6. The molecule has 3 atom stereocenters. The van der Waals surface area contributed by atoms with Gasteiger partial charge in [-0.15, -0.1) is 17.5 Å². The smallest absolute Gasteiger partial charge is 0.275 e. The Labute approximate surface area is 116 Å². The summed E-state index contributed by atoms with van der Waals surface area (Å²) < 4.78 is 3.74. The maximum atomic E-state index is 12.1. The number of carbonyl (C=O) groups is 1. The van der Waals surface area contributed by atoms with E-state index in [0.29, 0.717) is 17.5 Å². The lowest BCUT2D eigenvalue weighted by molar-refractivity contribution is 0.0777. The predicted molar refractivity (Wildman–Crippen MR) is 71.9 cm³/mol. The molecule has 5 nitrogen and oxygen atoms in total. The molecular weight excluding hydrogens is 272 g/mol. The highest BCUT2D eigenvalue weighted by Gasteiger charge is 2.40. The topological polar surface area (TPSA) is 72.1 Å². The summed E-state index contributed by atoms with van der Waals surface area (Å²) >= 11 is 1.22. The van der Waals surface area contributed by atoms with E-state index in [1.54, 1.807) is 5.38 Å². The van der Waals surface area contributed by atoms with Gasteiger partial charge in [-0.2, -0.15) is 0 Å². The number of halogens is 1. The number of aromatic nitrogens is 2. The van der Waals surface area contributed by atoms with Crippen molar-refractivity contribution in [1.82, 2.24) is 14.5 Å². The molecule has 0 bridgehead atoms. The first kappa shape index (κ1) is 13.7. The van der Waals surface area contributed by atoms with Gasteiger partial charge >= 0.3 is 0 Å².